The molecule has 1 aliphatic heterocycles. The fourth-order valence-corrected chi connectivity index (χ4v) is 2.78. The van der Waals surface area contributed by atoms with E-state index in [0.717, 1.165) is 0 Å². The monoisotopic (exact) mass is 305 g/mol. The summed E-state index contributed by atoms with van der Waals surface area (Å²) < 4.78 is 19.3. The molecule has 0 saturated carbocycles. The minimum absolute atomic E-state index is 0.205. The number of halogens is 1. The van der Waals surface area contributed by atoms with Crippen LogP contribution in [-0.2, 0) is 11.3 Å². The van der Waals surface area contributed by atoms with Gasteiger partial charge in [0.25, 0.3) is 0 Å². The number of β-amino-alcohol motifs (C(OH)–C–C–N with tert-alkyl or cyclic N) is 1. The zero-order chi connectivity index (χ0) is 15.7. The van der Waals surface area contributed by atoms with Crippen molar-refractivity contribution >= 4 is 5.97 Å². The highest BCUT2D eigenvalue weighted by atomic mass is 19.1. The molecule has 116 valence electrons. The molecule has 1 aliphatic rings. The molecule has 6 heteroatoms. The standard InChI is InChI=1S/C16H16FNO4/c17-13-4-2-1-3-12(13)15-6-5-11(22-15)9-18-8-10(19)7-14(18)16(20)21/h1-6,10,14,19H,7-9H2,(H,20,21)/t10-,14+/m1/s1. The molecule has 5 nitrogen and oxygen atoms in total. The lowest BCUT2D eigenvalue weighted by Crippen LogP contribution is -2.35. The lowest BCUT2D eigenvalue weighted by Gasteiger charge is -2.19. The highest BCUT2D eigenvalue weighted by molar-refractivity contribution is 5.74. The Hall–Kier alpha value is -2.18. The van der Waals surface area contributed by atoms with Gasteiger partial charge in [0.05, 0.1) is 18.2 Å². The third kappa shape index (κ3) is 2.88. The summed E-state index contributed by atoms with van der Waals surface area (Å²) in [4.78, 5) is 12.8. The fraction of sp³-hybridized carbons (Fsp3) is 0.312. The van der Waals surface area contributed by atoms with E-state index in [1.807, 2.05) is 0 Å². The number of hydrogen-bond donors (Lipinski definition) is 2. The van der Waals surface area contributed by atoms with E-state index in [0.29, 0.717) is 17.1 Å². The minimum atomic E-state index is -0.961. The molecule has 0 spiro atoms. The van der Waals surface area contributed by atoms with Crippen molar-refractivity contribution in [2.24, 2.45) is 0 Å². The predicted molar refractivity (Wildman–Crippen MR) is 76.6 cm³/mol. The van der Waals surface area contributed by atoms with Gasteiger partial charge in [-0.2, -0.15) is 0 Å². The molecule has 0 radical (unpaired) electrons. The number of aliphatic carboxylic acids is 1. The van der Waals surface area contributed by atoms with E-state index >= 15 is 0 Å². The van der Waals surface area contributed by atoms with Crippen molar-refractivity contribution in [3.05, 3.63) is 48.0 Å². The molecule has 2 aromatic rings. The molecular weight excluding hydrogens is 289 g/mol. The third-order valence-electron chi connectivity index (χ3n) is 3.83. The number of carbonyl (C=O) groups is 1. The van der Waals surface area contributed by atoms with Gasteiger partial charge in [0.1, 0.15) is 23.4 Å². The lowest BCUT2D eigenvalue weighted by atomic mass is 10.1. The van der Waals surface area contributed by atoms with E-state index in [1.54, 1.807) is 35.2 Å². The Labute approximate surface area is 126 Å². The first kappa shape index (κ1) is 14.7. The number of aliphatic hydroxyl groups excluding tert-OH is 1. The highest BCUT2D eigenvalue weighted by Crippen LogP contribution is 2.27. The summed E-state index contributed by atoms with van der Waals surface area (Å²) >= 11 is 0. The van der Waals surface area contributed by atoms with E-state index in [4.69, 9.17) is 9.52 Å². The number of nitrogens with zero attached hydrogens (tertiary/aromatic N) is 1. The van der Waals surface area contributed by atoms with Crippen LogP contribution in [0, 0.1) is 5.82 Å². The second-order valence-electron chi connectivity index (χ2n) is 5.42. The molecule has 2 heterocycles. The van der Waals surface area contributed by atoms with E-state index in [2.05, 4.69) is 0 Å². The Balaban J connectivity index is 1.77. The van der Waals surface area contributed by atoms with Crippen molar-refractivity contribution < 1.29 is 23.8 Å². The van der Waals surface area contributed by atoms with Gasteiger partial charge in [-0.1, -0.05) is 12.1 Å². The van der Waals surface area contributed by atoms with Gasteiger partial charge in [0, 0.05) is 13.0 Å². The smallest absolute Gasteiger partial charge is 0.321 e. The molecule has 3 rings (SSSR count). The van der Waals surface area contributed by atoms with Gasteiger partial charge in [-0.25, -0.2) is 4.39 Å². The van der Waals surface area contributed by atoms with E-state index in [9.17, 15) is 14.3 Å². The molecule has 1 fully saturated rings. The van der Waals surface area contributed by atoms with Crippen molar-refractivity contribution in [3.8, 4) is 11.3 Å². The third-order valence-corrected chi connectivity index (χ3v) is 3.83. The average molecular weight is 305 g/mol. The van der Waals surface area contributed by atoms with Crippen LogP contribution in [-0.4, -0.2) is 39.8 Å². The van der Waals surface area contributed by atoms with Gasteiger partial charge in [0.15, 0.2) is 0 Å². The van der Waals surface area contributed by atoms with Crippen LogP contribution in [0.4, 0.5) is 4.39 Å². The molecule has 2 atom stereocenters. The molecule has 0 unspecified atom stereocenters. The Morgan fingerprint density at radius 3 is 2.82 bits per heavy atom. The van der Waals surface area contributed by atoms with Gasteiger partial charge in [0.2, 0.25) is 0 Å². The van der Waals surface area contributed by atoms with Gasteiger partial charge in [-0.3, -0.25) is 9.69 Å². The summed E-state index contributed by atoms with van der Waals surface area (Å²) in [6, 6.07) is 8.94. The first-order valence-electron chi connectivity index (χ1n) is 7.03. The zero-order valence-corrected chi connectivity index (χ0v) is 11.8. The first-order valence-corrected chi connectivity index (χ1v) is 7.03. The largest absolute Gasteiger partial charge is 0.480 e. The Bertz CT molecular complexity index is 684. The number of likely N-dealkylation sites (tertiary alicyclic amines) is 1. The van der Waals surface area contributed by atoms with Crippen LogP contribution in [0.15, 0.2) is 40.8 Å². The zero-order valence-electron chi connectivity index (χ0n) is 11.8. The van der Waals surface area contributed by atoms with Crippen molar-refractivity contribution in [1.82, 2.24) is 4.90 Å². The van der Waals surface area contributed by atoms with Crippen LogP contribution >= 0.6 is 0 Å². The molecule has 0 bridgehead atoms. The average Bonchev–Trinajstić information content (AvgIpc) is 3.07. The number of aliphatic hydroxyl groups is 1. The van der Waals surface area contributed by atoms with E-state index < -0.39 is 18.1 Å². The molecule has 0 amide bonds. The normalized spacial score (nSPS) is 22.1. The van der Waals surface area contributed by atoms with E-state index in [1.165, 1.54) is 6.07 Å². The number of carboxylic acids is 1. The maximum Gasteiger partial charge on any atom is 0.321 e. The molecule has 0 aliphatic carbocycles. The predicted octanol–water partition coefficient (Wildman–Crippen LogP) is 2.11. The summed E-state index contributed by atoms with van der Waals surface area (Å²) in [6.45, 7) is 0.551. The number of hydrogen-bond acceptors (Lipinski definition) is 4. The summed E-state index contributed by atoms with van der Waals surface area (Å²) in [7, 11) is 0. The minimum Gasteiger partial charge on any atom is -0.480 e. The number of rotatable bonds is 4. The molecule has 1 aromatic heterocycles. The number of carboxylic acid groups (broad SMARTS) is 1. The first-order chi connectivity index (χ1) is 10.5. The van der Waals surface area contributed by atoms with Gasteiger partial charge < -0.3 is 14.6 Å². The van der Waals surface area contributed by atoms with Crippen molar-refractivity contribution in [1.29, 1.82) is 0 Å². The lowest BCUT2D eigenvalue weighted by molar-refractivity contribution is -0.142. The van der Waals surface area contributed by atoms with Crippen LogP contribution in [0.1, 0.15) is 12.2 Å². The van der Waals surface area contributed by atoms with Crippen molar-refractivity contribution in [3.63, 3.8) is 0 Å². The van der Waals surface area contributed by atoms with Crippen LogP contribution < -0.4 is 0 Å². The fourth-order valence-electron chi connectivity index (χ4n) is 2.78. The topological polar surface area (TPSA) is 73.9 Å². The van der Waals surface area contributed by atoms with Crippen LogP contribution in [0.2, 0.25) is 0 Å². The van der Waals surface area contributed by atoms with Crippen molar-refractivity contribution in [2.75, 3.05) is 6.54 Å². The Kier molecular flexibility index (Phi) is 3.96. The van der Waals surface area contributed by atoms with Gasteiger partial charge in [-0.15, -0.1) is 0 Å². The highest BCUT2D eigenvalue weighted by Gasteiger charge is 2.36. The Morgan fingerprint density at radius 1 is 1.32 bits per heavy atom. The maximum atomic E-state index is 13.7. The number of furan rings is 1. The summed E-state index contributed by atoms with van der Waals surface area (Å²) in [5, 5.41) is 18.8. The second kappa shape index (κ2) is 5.90. The van der Waals surface area contributed by atoms with Crippen LogP contribution in [0.5, 0.6) is 0 Å². The SMILES string of the molecule is O=C(O)[C@@H]1C[C@@H](O)CN1Cc1ccc(-c2ccccc2F)o1. The van der Waals surface area contributed by atoms with Crippen molar-refractivity contribution in [2.45, 2.75) is 25.1 Å². The summed E-state index contributed by atoms with van der Waals surface area (Å²) in [6.07, 6.45) is -0.446. The number of benzene rings is 1. The molecule has 22 heavy (non-hydrogen) atoms. The summed E-state index contributed by atoms with van der Waals surface area (Å²) in [5.41, 5.74) is 0.366. The van der Waals surface area contributed by atoms with Gasteiger partial charge >= 0.3 is 5.97 Å². The van der Waals surface area contributed by atoms with Crippen LogP contribution in [0.25, 0.3) is 11.3 Å². The quantitative estimate of drug-likeness (QED) is 0.905. The molecule has 1 saturated heterocycles. The van der Waals surface area contributed by atoms with E-state index in [-0.39, 0.29) is 25.3 Å². The molecular formula is C16H16FNO4. The maximum absolute atomic E-state index is 13.7. The van der Waals surface area contributed by atoms with Gasteiger partial charge in [-0.05, 0) is 24.3 Å². The molecule has 2 N–H and O–H groups in total. The Morgan fingerprint density at radius 2 is 2.09 bits per heavy atom. The second-order valence-corrected chi connectivity index (χ2v) is 5.42. The van der Waals surface area contributed by atoms with Crippen LogP contribution in [0.3, 0.4) is 0 Å². The summed E-state index contributed by atoms with van der Waals surface area (Å²) in [5.74, 6) is -0.390. The molecule has 1 aromatic carbocycles.